The molecule has 4 rings (SSSR count). The van der Waals surface area contributed by atoms with Crippen LogP contribution in [0.1, 0.15) is 10.4 Å². The second-order valence-electron chi connectivity index (χ2n) is 6.81. The Morgan fingerprint density at radius 3 is 2.71 bits per heavy atom. The first-order chi connectivity index (χ1) is 14.7. The van der Waals surface area contributed by atoms with E-state index in [0.717, 1.165) is 26.8 Å². The van der Waals surface area contributed by atoms with Gasteiger partial charge in [-0.05, 0) is 35.7 Å². The topological polar surface area (TPSA) is 110 Å². The third kappa shape index (κ3) is 3.53. The van der Waals surface area contributed by atoms with Gasteiger partial charge in [-0.15, -0.1) is 18.3 Å². The van der Waals surface area contributed by atoms with Crippen LogP contribution in [0.5, 0.6) is 0 Å². The first-order valence-electron chi connectivity index (χ1n) is 9.13. The standard InChI is InChI=1S/C21H17N3O5S2/c1-3-9-30-19-12-15(7-8-18(19)24(26)27)31(28,29)23(2)14-10-13-5-4-6-17-20(13)16(11-14)21(25)22-17/h3-8,10-12H,1,9H2,2H3,(H,22,25). The second-order valence-corrected chi connectivity index (χ2v) is 9.84. The van der Waals surface area contributed by atoms with Gasteiger partial charge in [0.15, 0.2) is 0 Å². The summed E-state index contributed by atoms with van der Waals surface area (Å²) in [5.41, 5.74) is 1.23. The van der Waals surface area contributed by atoms with E-state index >= 15 is 0 Å². The molecular weight excluding hydrogens is 438 g/mol. The SMILES string of the molecule is C=CCSc1cc(S(=O)(=O)N(C)c2cc3c4c(cccc4c2)NC3=O)ccc1[N+](=O)[O-]. The van der Waals surface area contributed by atoms with E-state index in [4.69, 9.17) is 0 Å². The van der Waals surface area contributed by atoms with Crippen molar-refractivity contribution < 1.29 is 18.1 Å². The van der Waals surface area contributed by atoms with E-state index in [1.807, 2.05) is 6.07 Å². The third-order valence-corrected chi connectivity index (χ3v) is 7.78. The van der Waals surface area contributed by atoms with E-state index in [1.54, 1.807) is 24.3 Å². The molecule has 1 amide bonds. The minimum Gasteiger partial charge on any atom is -0.321 e. The van der Waals surface area contributed by atoms with Gasteiger partial charge in [-0.2, -0.15) is 0 Å². The zero-order chi connectivity index (χ0) is 22.3. The molecule has 0 bridgehead atoms. The van der Waals surface area contributed by atoms with Gasteiger partial charge in [0.1, 0.15) is 0 Å². The van der Waals surface area contributed by atoms with Gasteiger partial charge >= 0.3 is 0 Å². The molecule has 0 saturated heterocycles. The lowest BCUT2D eigenvalue weighted by atomic mass is 10.0. The molecule has 10 heteroatoms. The summed E-state index contributed by atoms with van der Waals surface area (Å²) in [6, 6.07) is 12.3. The van der Waals surface area contributed by atoms with E-state index < -0.39 is 14.9 Å². The van der Waals surface area contributed by atoms with E-state index in [0.29, 0.717) is 22.7 Å². The number of hydrogen-bond donors (Lipinski definition) is 1. The molecule has 3 aromatic carbocycles. The van der Waals surface area contributed by atoms with Crippen LogP contribution in [0.2, 0.25) is 0 Å². The van der Waals surface area contributed by atoms with Gasteiger partial charge in [0.05, 0.1) is 26.0 Å². The van der Waals surface area contributed by atoms with Crippen molar-refractivity contribution in [1.82, 2.24) is 0 Å². The summed E-state index contributed by atoms with van der Waals surface area (Å²) in [5.74, 6) is 0.100. The van der Waals surface area contributed by atoms with Gasteiger partial charge in [0.2, 0.25) is 0 Å². The molecule has 0 radical (unpaired) electrons. The zero-order valence-corrected chi connectivity index (χ0v) is 18.0. The molecular formula is C21H17N3O5S2. The van der Waals surface area contributed by atoms with Gasteiger partial charge in [0.25, 0.3) is 21.6 Å². The van der Waals surface area contributed by atoms with Crippen LogP contribution >= 0.6 is 11.8 Å². The number of sulfonamides is 1. The summed E-state index contributed by atoms with van der Waals surface area (Å²) in [6.45, 7) is 3.59. The summed E-state index contributed by atoms with van der Waals surface area (Å²) >= 11 is 1.13. The van der Waals surface area contributed by atoms with E-state index in [-0.39, 0.29) is 21.4 Å². The maximum atomic E-state index is 13.3. The van der Waals surface area contributed by atoms with Gasteiger partial charge in [-0.3, -0.25) is 19.2 Å². The predicted molar refractivity (Wildman–Crippen MR) is 122 cm³/mol. The minimum absolute atomic E-state index is 0.0816. The molecule has 158 valence electrons. The van der Waals surface area contributed by atoms with E-state index in [2.05, 4.69) is 11.9 Å². The van der Waals surface area contributed by atoms with Crippen LogP contribution in [0.25, 0.3) is 10.8 Å². The highest BCUT2D eigenvalue weighted by Gasteiger charge is 2.28. The highest BCUT2D eigenvalue weighted by Crippen LogP contribution is 2.38. The van der Waals surface area contributed by atoms with Crippen molar-refractivity contribution in [1.29, 1.82) is 0 Å². The summed E-state index contributed by atoms with van der Waals surface area (Å²) in [6.07, 6.45) is 1.58. The molecule has 0 saturated carbocycles. The lowest BCUT2D eigenvalue weighted by Crippen LogP contribution is -2.26. The average Bonchev–Trinajstić information content (AvgIpc) is 3.08. The lowest BCUT2D eigenvalue weighted by molar-refractivity contribution is -0.387. The van der Waals surface area contributed by atoms with Gasteiger partial charge in [0, 0.05) is 29.9 Å². The molecule has 0 unspecified atom stereocenters. The maximum Gasteiger partial charge on any atom is 0.282 e. The number of thioether (sulfide) groups is 1. The molecule has 0 aromatic heterocycles. The number of anilines is 2. The highest BCUT2D eigenvalue weighted by atomic mass is 32.2. The Bertz CT molecular complexity index is 1370. The maximum absolute atomic E-state index is 13.3. The van der Waals surface area contributed by atoms with E-state index in [9.17, 15) is 23.3 Å². The van der Waals surface area contributed by atoms with Crippen LogP contribution < -0.4 is 9.62 Å². The Morgan fingerprint density at radius 2 is 2.00 bits per heavy atom. The molecule has 1 aliphatic rings. The van der Waals surface area contributed by atoms with Crippen LogP contribution in [0.15, 0.2) is 71.0 Å². The van der Waals surface area contributed by atoms with Crippen LogP contribution in [0.4, 0.5) is 17.1 Å². The fraction of sp³-hybridized carbons (Fsp3) is 0.0952. The van der Waals surface area contributed by atoms with Crippen molar-refractivity contribution in [2.75, 3.05) is 22.4 Å². The molecule has 0 fully saturated rings. The number of benzene rings is 3. The molecule has 3 aromatic rings. The Labute approximate surface area is 182 Å². The number of nitrogens with zero attached hydrogens (tertiary/aromatic N) is 2. The Morgan fingerprint density at radius 1 is 1.23 bits per heavy atom. The lowest BCUT2D eigenvalue weighted by Gasteiger charge is -2.21. The smallest absolute Gasteiger partial charge is 0.282 e. The quantitative estimate of drug-likeness (QED) is 0.244. The van der Waals surface area contributed by atoms with Crippen molar-refractivity contribution in [2.45, 2.75) is 9.79 Å². The molecule has 0 atom stereocenters. The Balaban J connectivity index is 1.79. The molecule has 0 spiro atoms. The van der Waals surface area contributed by atoms with Crippen molar-refractivity contribution in [3.05, 3.63) is 76.9 Å². The van der Waals surface area contributed by atoms with Crippen molar-refractivity contribution in [2.24, 2.45) is 0 Å². The first kappa shape index (κ1) is 20.9. The molecule has 0 aliphatic carbocycles. The molecule has 31 heavy (non-hydrogen) atoms. The molecule has 8 nitrogen and oxygen atoms in total. The van der Waals surface area contributed by atoms with E-state index in [1.165, 1.54) is 31.3 Å². The fourth-order valence-corrected chi connectivity index (χ4v) is 5.51. The highest BCUT2D eigenvalue weighted by molar-refractivity contribution is 7.99. The van der Waals surface area contributed by atoms with Gasteiger partial charge in [-0.1, -0.05) is 18.2 Å². The van der Waals surface area contributed by atoms with Crippen LogP contribution in [-0.4, -0.2) is 32.0 Å². The van der Waals surface area contributed by atoms with Crippen molar-refractivity contribution >= 4 is 55.5 Å². The van der Waals surface area contributed by atoms with Gasteiger partial charge in [-0.25, -0.2) is 8.42 Å². The minimum atomic E-state index is -4.04. The van der Waals surface area contributed by atoms with Crippen LogP contribution in [-0.2, 0) is 10.0 Å². The van der Waals surface area contributed by atoms with Gasteiger partial charge < -0.3 is 5.32 Å². The molecule has 1 N–H and O–H groups in total. The van der Waals surface area contributed by atoms with Crippen LogP contribution in [0.3, 0.4) is 0 Å². The second kappa shape index (κ2) is 7.71. The summed E-state index contributed by atoms with van der Waals surface area (Å²) in [5, 5.41) is 15.6. The normalized spacial score (nSPS) is 12.6. The molecule has 1 aliphatic heterocycles. The number of carbonyl (C=O) groups is 1. The summed E-state index contributed by atoms with van der Waals surface area (Å²) < 4.78 is 27.7. The van der Waals surface area contributed by atoms with Crippen molar-refractivity contribution in [3.63, 3.8) is 0 Å². The Kier molecular flexibility index (Phi) is 5.19. The number of rotatable bonds is 7. The fourth-order valence-electron chi connectivity index (χ4n) is 3.43. The number of carbonyl (C=O) groups excluding carboxylic acids is 1. The number of nitrogens with one attached hydrogen (secondary N) is 1. The number of nitro benzene ring substituents is 1. The average molecular weight is 456 g/mol. The Hall–Kier alpha value is -3.37. The largest absolute Gasteiger partial charge is 0.321 e. The molecule has 1 heterocycles. The van der Waals surface area contributed by atoms with Crippen LogP contribution in [0, 0.1) is 10.1 Å². The summed E-state index contributed by atoms with van der Waals surface area (Å²) in [4.78, 5) is 23.2. The number of nitro groups is 1. The zero-order valence-electron chi connectivity index (χ0n) is 16.4. The predicted octanol–water partition coefficient (Wildman–Crippen LogP) is 4.42. The number of hydrogen-bond acceptors (Lipinski definition) is 6. The van der Waals surface area contributed by atoms with Crippen molar-refractivity contribution in [3.8, 4) is 0 Å². The summed E-state index contributed by atoms with van der Waals surface area (Å²) in [7, 11) is -2.65. The first-order valence-corrected chi connectivity index (χ1v) is 11.6. The number of amides is 1. The third-order valence-electron chi connectivity index (χ3n) is 4.96. The monoisotopic (exact) mass is 455 g/mol.